The molecule has 0 bridgehead atoms. The van der Waals surface area contributed by atoms with Gasteiger partial charge in [-0.05, 0) is 48.5 Å². The lowest BCUT2D eigenvalue weighted by atomic mass is 10.2. The number of oxazole rings is 1. The summed E-state index contributed by atoms with van der Waals surface area (Å²) < 4.78 is 8.19. The van der Waals surface area contributed by atoms with Crippen LogP contribution in [0.4, 0.5) is 0 Å². The molecule has 0 N–H and O–H groups in total. The van der Waals surface area contributed by atoms with Crippen LogP contribution in [-0.2, 0) is 0 Å². The Kier molecular flexibility index (Phi) is 3.52. The van der Waals surface area contributed by atoms with Crippen molar-refractivity contribution in [3.8, 4) is 17.1 Å². The van der Waals surface area contributed by atoms with Crippen LogP contribution in [0.15, 0.2) is 95.4 Å². The van der Waals surface area contributed by atoms with Gasteiger partial charge < -0.3 is 8.98 Å². The summed E-state index contributed by atoms with van der Waals surface area (Å²) in [5.74, 6) is 0.571. The van der Waals surface area contributed by atoms with Gasteiger partial charge in [0.2, 0.25) is 5.89 Å². The number of hydrogen-bond donors (Lipinski definition) is 0. The quantitative estimate of drug-likeness (QED) is 0.310. The molecule has 0 amide bonds. The molecule has 4 aromatic carbocycles. The molecule has 6 rings (SSSR count). The highest BCUT2D eigenvalue weighted by atomic mass is 35.5. The molecule has 0 saturated carbocycles. The van der Waals surface area contributed by atoms with Crippen LogP contribution in [-0.4, -0.2) is 9.55 Å². The summed E-state index contributed by atoms with van der Waals surface area (Å²) in [6.45, 7) is 0. The normalized spacial score (nSPS) is 11.6. The number of halogens is 1. The molecule has 0 radical (unpaired) electrons. The summed E-state index contributed by atoms with van der Waals surface area (Å²) in [6, 6.07) is 30.8. The van der Waals surface area contributed by atoms with Crippen LogP contribution in [0.1, 0.15) is 0 Å². The minimum Gasteiger partial charge on any atom is -0.436 e. The van der Waals surface area contributed by atoms with Crippen molar-refractivity contribution in [2.75, 3.05) is 0 Å². The number of rotatable bonds is 2. The Balaban J connectivity index is 1.51. The Labute approximate surface area is 171 Å². The SMILES string of the molecule is Clc1cccc2oc(-c3ccc(-n4c5ccccc5c5ccccc54)cc3)nc12. The first-order chi connectivity index (χ1) is 14.3. The predicted molar refractivity (Wildman–Crippen MR) is 119 cm³/mol. The second-order valence-electron chi connectivity index (χ2n) is 7.02. The fraction of sp³-hybridized carbons (Fsp3) is 0. The highest BCUT2D eigenvalue weighted by molar-refractivity contribution is 6.34. The number of aromatic nitrogens is 2. The lowest BCUT2D eigenvalue weighted by Gasteiger charge is -2.08. The van der Waals surface area contributed by atoms with Crippen molar-refractivity contribution in [3.63, 3.8) is 0 Å². The Morgan fingerprint density at radius 1 is 0.690 bits per heavy atom. The van der Waals surface area contributed by atoms with E-state index in [2.05, 4.69) is 70.2 Å². The van der Waals surface area contributed by atoms with E-state index in [1.807, 2.05) is 30.3 Å². The summed E-state index contributed by atoms with van der Waals surface area (Å²) in [4.78, 5) is 4.57. The fourth-order valence-corrected chi connectivity index (χ4v) is 4.20. The lowest BCUT2D eigenvalue weighted by molar-refractivity contribution is 0.620. The van der Waals surface area contributed by atoms with Crippen molar-refractivity contribution < 1.29 is 4.42 Å². The van der Waals surface area contributed by atoms with Gasteiger partial charge >= 0.3 is 0 Å². The van der Waals surface area contributed by atoms with Gasteiger partial charge in [-0.2, -0.15) is 0 Å². The molecule has 138 valence electrons. The van der Waals surface area contributed by atoms with Crippen LogP contribution in [0.3, 0.4) is 0 Å². The van der Waals surface area contributed by atoms with Gasteiger partial charge in [0.25, 0.3) is 0 Å². The molecule has 0 saturated heterocycles. The Morgan fingerprint density at radius 2 is 1.34 bits per heavy atom. The van der Waals surface area contributed by atoms with Crippen molar-refractivity contribution in [2.45, 2.75) is 0 Å². The van der Waals surface area contributed by atoms with Crippen LogP contribution in [0.5, 0.6) is 0 Å². The van der Waals surface area contributed by atoms with Crippen LogP contribution in [0, 0.1) is 0 Å². The van der Waals surface area contributed by atoms with Crippen LogP contribution >= 0.6 is 11.6 Å². The Bertz CT molecular complexity index is 1460. The van der Waals surface area contributed by atoms with Gasteiger partial charge in [0.05, 0.1) is 16.1 Å². The van der Waals surface area contributed by atoms with Crippen molar-refractivity contribution >= 4 is 44.5 Å². The number of hydrogen-bond acceptors (Lipinski definition) is 2. The van der Waals surface area contributed by atoms with Crippen LogP contribution in [0.2, 0.25) is 5.02 Å². The summed E-state index contributed by atoms with van der Waals surface area (Å²) >= 11 is 6.24. The first-order valence-electron chi connectivity index (χ1n) is 9.44. The first-order valence-corrected chi connectivity index (χ1v) is 9.81. The van der Waals surface area contributed by atoms with E-state index in [-0.39, 0.29) is 0 Å². The van der Waals surface area contributed by atoms with E-state index < -0.39 is 0 Å². The van der Waals surface area contributed by atoms with E-state index in [1.165, 1.54) is 21.8 Å². The minimum absolute atomic E-state index is 0.571. The van der Waals surface area contributed by atoms with Gasteiger partial charge in [-0.15, -0.1) is 0 Å². The average Bonchev–Trinajstić information content (AvgIpc) is 3.34. The molecule has 6 aromatic rings. The van der Waals surface area contributed by atoms with E-state index in [1.54, 1.807) is 0 Å². The first kappa shape index (κ1) is 16.4. The smallest absolute Gasteiger partial charge is 0.227 e. The zero-order chi connectivity index (χ0) is 19.4. The van der Waals surface area contributed by atoms with Crippen molar-refractivity contribution in [3.05, 3.63) is 96.0 Å². The third kappa shape index (κ3) is 2.48. The second-order valence-corrected chi connectivity index (χ2v) is 7.43. The van der Waals surface area contributed by atoms with Crippen LogP contribution in [0.25, 0.3) is 50.0 Å². The molecule has 29 heavy (non-hydrogen) atoms. The monoisotopic (exact) mass is 394 g/mol. The average molecular weight is 395 g/mol. The maximum absolute atomic E-state index is 6.24. The number of benzene rings is 4. The molecule has 0 fully saturated rings. The second kappa shape index (κ2) is 6.23. The van der Waals surface area contributed by atoms with E-state index in [0.29, 0.717) is 22.0 Å². The summed E-state index contributed by atoms with van der Waals surface area (Å²) in [5.41, 5.74) is 5.78. The van der Waals surface area contributed by atoms with E-state index in [0.717, 1.165) is 11.3 Å². The van der Waals surface area contributed by atoms with Gasteiger partial charge in [0.1, 0.15) is 5.52 Å². The summed E-state index contributed by atoms with van der Waals surface area (Å²) in [7, 11) is 0. The predicted octanol–water partition coefficient (Wildman–Crippen LogP) is 7.25. The maximum atomic E-state index is 6.24. The summed E-state index contributed by atoms with van der Waals surface area (Å²) in [6.07, 6.45) is 0. The molecule has 0 atom stereocenters. The highest BCUT2D eigenvalue weighted by Crippen LogP contribution is 2.33. The zero-order valence-electron chi connectivity index (χ0n) is 15.3. The van der Waals surface area contributed by atoms with Gasteiger partial charge in [0, 0.05) is 22.0 Å². The molecule has 0 aliphatic heterocycles. The number of para-hydroxylation sites is 3. The molecule has 0 aliphatic carbocycles. The van der Waals surface area contributed by atoms with Gasteiger partial charge in [-0.1, -0.05) is 54.1 Å². The molecule has 2 aromatic heterocycles. The molecule has 3 nitrogen and oxygen atoms in total. The van der Waals surface area contributed by atoms with Crippen molar-refractivity contribution in [1.82, 2.24) is 9.55 Å². The molecular weight excluding hydrogens is 380 g/mol. The van der Waals surface area contributed by atoms with Gasteiger partial charge in [-0.25, -0.2) is 4.98 Å². The third-order valence-corrected chi connectivity index (χ3v) is 5.63. The van der Waals surface area contributed by atoms with E-state index in [9.17, 15) is 0 Å². The molecule has 0 unspecified atom stereocenters. The van der Waals surface area contributed by atoms with Crippen molar-refractivity contribution in [2.24, 2.45) is 0 Å². The molecule has 0 spiro atoms. The van der Waals surface area contributed by atoms with E-state index >= 15 is 0 Å². The molecule has 4 heteroatoms. The minimum atomic E-state index is 0.571. The Hall–Kier alpha value is -3.56. The van der Waals surface area contributed by atoms with E-state index in [4.69, 9.17) is 16.0 Å². The largest absolute Gasteiger partial charge is 0.436 e. The number of fused-ring (bicyclic) bond motifs is 4. The summed E-state index contributed by atoms with van der Waals surface area (Å²) in [5, 5.41) is 3.10. The van der Waals surface area contributed by atoms with Crippen LogP contribution < -0.4 is 0 Å². The lowest BCUT2D eigenvalue weighted by Crippen LogP contribution is -1.93. The molecular formula is C25H15ClN2O. The van der Waals surface area contributed by atoms with Gasteiger partial charge in [0.15, 0.2) is 5.58 Å². The zero-order valence-corrected chi connectivity index (χ0v) is 16.1. The Morgan fingerprint density at radius 3 is 2.00 bits per heavy atom. The third-order valence-electron chi connectivity index (χ3n) is 5.32. The highest BCUT2D eigenvalue weighted by Gasteiger charge is 2.13. The fourth-order valence-electron chi connectivity index (χ4n) is 3.99. The molecule has 0 aliphatic rings. The maximum Gasteiger partial charge on any atom is 0.227 e. The van der Waals surface area contributed by atoms with Crippen molar-refractivity contribution in [1.29, 1.82) is 0 Å². The van der Waals surface area contributed by atoms with Gasteiger partial charge in [-0.3, -0.25) is 0 Å². The topological polar surface area (TPSA) is 31.0 Å². The number of nitrogens with zero attached hydrogens (tertiary/aromatic N) is 2. The molecule has 2 heterocycles. The standard InChI is InChI=1S/C25H15ClN2O/c26-20-8-5-11-23-24(20)27-25(29-23)16-12-14-17(15-13-16)28-21-9-3-1-6-18(21)19-7-2-4-10-22(19)28/h1-15H.